The predicted molar refractivity (Wildman–Crippen MR) is 116 cm³/mol. The molecule has 0 bridgehead atoms. The average Bonchev–Trinajstić information content (AvgIpc) is 0. The van der Waals surface area contributed by atoms with Crippen molar-refractivity contribution in [2.75, 3.05) is 0 Å². The van der Waals surface area contributed by atoms with Crippen molar-refractivity contribution in [3.05, 3.63) is 0 Å². The van der Waals surface area contributed by atoms with Gasteiger partial charge >= 0.3 is 0 Å². The van der Waals surface area contributed by atoms with Crippen molar-refractivity contribution in [1.82, 2.24) is 0 Å². The maximum absolute atomic E-state index is 0. The van der Waals surface area contributed by atoms with Crippen LogP contribution in [0.15, 0.2) is 0 Å². The summed E-state index contributed by atoms with van der Waals surface area (Å²) in [7, 11) is 0. The van der Waals surface area contributed by atoms with Gasteiger partial charge in [-0.1, -0.05) is 0 Å². The Labute approximate surface area is 329 Å². The van der Waals surface area contributed by atoms with Gasteiger partial charge in [0.1, 0.15) is 0 Å². The van der Waals surface area contributed by atoms with Crippen molar-refractivity contribution in [3.63, 3.8) is 0 Å². The van der Waals surface area contributed by atoms with E-state index in [1.165, 1.54) is 0 Å². The summed E-state index contributed by atoms with van der Waals surface area (Å²) in [5.41, 5.74) is 0. The van der Waals surface area contributed by atoms with Crippen LogP contribution < -0.4 is 0 Å². The number of hydrogen-bond acceptors (Lipinski definition) is 0. The van der Waals surface area contributed by atoms with Crippen molar-refractivity contribution in [2.24, 2.45) is 0 Å². The molecule has 66 N–H and O–H groups in total. The average molecular weight is 1310 g/mol. The predicted octanol–water partition coefficient (Wildman–Crippen LogP) is -25.3. The minimum Gasteiger partial charge on any atom is -0.457 e. The van der Waals surface area contributed by atoms with E-state index in [4.69, 9.17) is 0 Å². The third kappa shape index (κ3) is 3360. The zero-order valence-corrected chi connectivity index (χ0v) is 34.8. The Morgan fingerprint density at radius 1 is 0.0789 bits per heavy atom. The zero-order chi connectivity index (χ0) is 0. The summed E-state index contributed by atoms with van der Waals surface area (Å²) in [6.07, 6.45) is 0. The zero-order valence-electron chi connectivity index (χ0n) is 18.7. The molecule has 0 spiro atoms. The van der Waals surface area contributed by atoms with Crippen LogP contribution in [0.5, 0.6) is 0 Å². The Bertz CT molecular complexity index is 28.2. The molecule has 0 unspecified atom stereocenters. The molecule has 0 saturated heterocycles. The quantitative estimate of drug-likeness (QED) is 0.161. The maximum atomic E-state index is 0. The van der Waals surface area contributed by atoms with Crippen LogP contribution in [0.25, 0.3) is 0 Å². The molecule has 0 atom stereocenters. The van der Waals surface area contributed by atoms with Crippen LogP contribution in [-0.4, -0.2) is 131 Å². The summed E-state index contributed by atoms with van der Waals surface area (Å²) in [6, 6.07) is 0. The molecule has 0 aliphatic rings. The van der Waals surface area contributed by atoms with E-state index >= 15 is 0 Å². The molecule has 0 rings (SSSR count). The Balaban J connectivity index is 0. The molecule has 288 valence electrons. The summed E-state index contributed by atoms with van der Waals surface area (Å²) < 4.78 is 0. The second-order valence-electron chi connectivity index (χ2n) is 0. The van der Waals surface area contributed by atoms with Crippen molar-refractivity contribution in [3.8, 4) is 0 Å². The van der Waals surface area contributed by atoms with Crippen LogP contribution in [0, 0.1) is 0 Å². The first-order valence-electron chi connectivity index (χ1n) is 0. The monoisotopic (exact) mass is 1330 g/mol. The number of rotatable bonds is 0. The first-order valence-corrected chi connectivity index (χ1v) is 0. The van der Waals surface area contributed by atoms with Crippen molar-refractivity contribution < 1.29 is 333 Å². The molecule has 38 heteroatoms. The molecule has 0 aromatic rings. The fraction of sp³-hybridized carbons (Fsp3) is 0. The van der Waals surface area contributed by atoms with E-state index in [9.17, 15) is 0 Å². The van der Waals surface area contributed by atoms with E-state index in [0.717, 1.165) is 0 Å². The van der Waals surface area contributed by atoms with Gasteiger partial charge in [-0.05, 0) is 0 Å². The van der Waals surface area contributed by atoms with E-state index < -0.39 is 0 Å². The Morgan fingerprint density at radius 2 is 0.0789 bits per heavy atom. The second-order valence-corrected chi connectivity index (χ2v) is 0. The smallest absolute Gasteiger partial charge is 0 e. The van der Waals surface area contributed by atoms with Gasteiger partial charge in [0.05, 0.1) is 0 Å². The van der Waals surface area contributed by atoms with Gasteiger partial charge in [-0.15, -0.1) is 0 Å². The molecule has 0 saturated carbocycles. The molecule has 0 amide bonds. The van der Waals surface area contributed by atoms with E-state index in [1.807, 2.05) is 0 Å². The molecule has 30 nitrogen and oxygen atoms in total. The molecular formula is H66Mo8O30+6. The normalized spacial score (nSPS) is 0. The molecule has 0 radical (unpaired) electrons. The number of hydrogen-bond donors (Lipinski definition) is 0. The van der Waals surface area contributed by atoms with Gasteiger partial charge in [0, 0.05) is 169 Å². The fourth-order valence-electron chi connectivity index (χ4n) is 0. The molecule has 38 heavy (non-hydrogen) atoms. The van der Waals surface area contributed by atoms with Crippen molar-refractivity contribution >= 4 is 0 Å². The molecule has 0 aliphatic heterocycles. The summed E-state index contributed by atoms with van der Waals surface area (Å²) in [5, 5.41) is 0. The van der Waals surface area contributed by atoms with Crippen LogP contribution in [0.4, 0.5) is 0 Å². The molecule has 0 aromatic carbocycles. The topological polar surface area (TPSA) is 954 Å². The molecule has 0 aromatic heterocycles. The molecular weight excluding hydrogens is 1250 g/mol. The fourth-order valence-corrected chi connectivity index (χ4v) is 0. The van der Waals surface area contributed by atoms with E-state index in [-0.39, 0.29) is 333 Å². The van der Waals surface area contributed by atoms with Crippen LogP contribution >= 0.6 is 0 Å². The minimum atomic E-state index is 0. The van der Waals surface area contributed by atoms with Crippen molar-refractivity contribution in [2.45, 2.75) is 0 Å². The Hall–Kier alpha value is 4.31. The van der Waals surface area contributed by atoms with Gasteiger partial charge in [0.25, 0.3) is 0 Å². The van der Waals surface area contributed by atoms with E-state index in [1.54, 1.807) is 0 Å². The standard InChI is InChI=1S/8Mo.30H2O/h;;;;;;;;30*1H2/p+6. The van der Waals surface area contributed by atoms with Gasteiger partial charge < -0.3 is 164 Å². The van der Waals surface area contributed by atoms with E-state index in [2.05, 4.69) is 0 Å². The maximum Gasteiger partial charge on any atom is 0 e. The van der Waals surface area contributed by atoms with Gasteiger partial charge in [-0.3, -0.25) is 0 Å². The van der Waals surface area contributed by atoms with Gasteiger partial charge in [0.2, 0.25) is 0 Å². The minimum absolute atomic E-state index is 0. The second kappa shape index (κ2) is 3620. The Kier molecular flexibility index (Phi) is 371000. The summed E-state index contributed by atoms with van der Waals surface area (Å²) in [5.74, 6) is 0. The molecule has 0 aliphatic carbocycles. The van der Waals surface area contributed by atoms with Crippen LogP contribution in [0.1, 0.15) is 0 Å². The van der Waals surface area contributed by atoms with Crippen LogP contribution in [-0.2, 0) is 201 Å². The van der Waals surface area contributed by atoms with Gasteiger partial charge in [0.15, 0.2) is 0 Å². The van der Waals surface area contributed by atoms with E-state index in [0.29, 0.717) is 0 Å². The summed E-state index contributed by atoms with van der Waals surface area (Å²) >= 11 is 0. The molecule has 0 fully saturated rings. The third-order valence-electron chi connectivity index (χ3n) is 0. The third-order valence-corrected chi connectivity index (χ3v) is 0. The SMILES string of the molecule is O.O.O.O.O.O.O.O.O.O.O.O.O.O.O.O.O.O.O.O.O.O.O.O.[Mo].[Mo].[Mo].[Mo].[Mo].[Mo].[Mo].[Mo].[OH3+].[OH3+].[OH3+].[OH3+].[OH3+].[OH3+]. The van der Waals surface area contributed by atoms with Crippen LogP contribution in [0.3, 0.4) is 0 Å². The van der Waals surface area contributed by atoms with Crippen LogP contribution in [0.2, 0.25) is 0 Å². The summed E-state index contributed by atoms with van der Waals surface area (Å²) in [6.45, 7) is 0. The van der Waals surface area contributed by atoms with Crippen molar-refractivity contribution in [1.29, 1.82) is 0 Å². The largest absolute Gasteiger partial charge is 0.457 e. The van der Waals surface area contributed by atoms with Gasteiger partial charge in [-0.25, -0.2) is 0 Å². The summed E-state index contributed by atoms with van der Waals surface area (Å²) in [4.78, 5) is 0. The first-order chi connectivity index (χ1) is 0. The molecule has 0 heterocycles. The Morgan fingerprint density at radius 3 is 0.0789 bits per heavy atom. The van der Waals surface area contributed by atoms with Gasteiger partial charge in [-0.2, -0.15) is 0 Å². The first kappa shape index (κ1) is 3890.